The number of hydrogen-bond acceptors (Lipinski definition) is 3. The van der Waals surface area contributed by atoms with Crippen molar-refractivity contribution in [2.24, 2.45) is 0 Å². The number of nitrogens with zero attached hydrogens (tertiary/aromatic N) is 1. The summed E-state index contributed by atoms with van der Waals surface area (Å²) in [5.74, 6) is 0.917. The Hall–Kier alpha value is -0.890. The topological polar surface area (TPSA) is 23.8 Å². The summed E-state index contributed by atoms with van der Waals surface area (Å²) in [5.41, 5.74) is 5.62. The van der Waals surface area contributed by atoms with Crippen molar-refractivity contribution in [2.45, 2.75) is 17.6 Å². The third-order valence-electron chi connectivity index (χ3n) is 3.45. The van der Waals surface area contributed by atoms with Gasteiger partial charge in [-0.05, 0) is 59.9 Å². The van der Waals surface area contributed by atoms with Crippen LogP contribution in [0.5, 0.6) is 0 Å². The lowest BCUT2D eigenvalue weighted by Crippen LogP contribution is -1.98. The molecule has 0 bridgehead atoms. The molecule has 0 saturated carbocycles. The van der Waals surface area contributed by atoms with Crippen molar-refractivity contribution < 1.29 is 0 Å². The maximum absolute atomic E-state index is 9.44. The first-order chi connectivity index (χ1) is 10.1. The van der Waals surface area contributed by atoms with Gasteiger partial charge < -0.3 is 0 Å². The largest absolute Gasteiger partial charge is 0.192 e. The molecule has 0 heterocycles. The summed E-state index contributed by atoms with van der Waals surface area (Å²) in [5, 5.41) is 9.44. The van der Waals surface area contributed by atoms with E-state index in [0.29, 0.717) is 0 Å². The first kappa shape index (κ1) is 16.5. The van der Waals surface area contributed by atoms with Gasteiger partial charge in [0.25, 0.3) is 0 Å². The van der Waals surface area contributed by atoms with Crippen molar-refractivity contribution in [3.63, 3.8) is 0 Å². The van der Waals surface area contributed by atoms with Crippen LogP contribution in [0, 0.1) is 18.3 Å². The number of benzene rings is 2. The minimum atomic E-state index is 0.812. The van der Waals surface area contributed by atoms with Gasteiger partial charge in [-0.1, -0.05) is 28.1 Å². The van der Waals surface area contributed by atoms with E-state index < -0.39 is 0 Å². The van der Waals surface area contributed by atoms with Gasteiger partial charge in [0.05, 0.1) is 5.56 Å². The van der Waals surface area contributed by atoms with Crippen LogP contribution in [0.1, 0.15) is 16.7 Å². The summed E-state index contributed by atoms with van der Waals surface area (Å²) >= 11 is 6.90. The van der Waals surface area contributed by atoms with Gasteiger partial charge in [-0.3, -0.25) is 0 Å². The van der Waals surface area contributed by atoms with E-state index in [9.17, 15) is 5.26 Å². The molecule has 0 aromatic heterocycles. The number of halogens is 1. The predicted molar refractivity (Wildman–Crippen MR) is 98.0 cm³/mol. The van der Waals surface area contributed by atoms with Gasteiger partial charge in [0.1, 0.15) is 6.07 Å². The Morgan fingerprint density at radius 3 is 2.38 bits per heavy atom. The van der Waals surface area contributed by atoms with Gasteiger partial charge in [0.15, 0.2) is 0 Å². The van der Waals surface area contributed by atoms with E-state index in [4.69, 9.17) is 0 Å². The second-order valence-electron chi connectivity index (χ2n) is 4.66. The molecule has 0 unspecified atom stereocenters. The lowest BCUT2D eigenvalue weighted by atomic mass is 9.94. The molecule has 108 valence electrons. The van der Waals surface area contributed by atoms with Crippen molar-refractivity contribution in [3.05, 3.63) is 51.5 Å². The normalized spacial score (nSPS) is 10.4. The summed E-state index contributed by atoms with van der Waals surface area (Å²) in [6.07, 6.45) is 4.12. The Bertz CT molecular complexity index is 687. The van der Waals surface area contributed by atoms with Gasteiger partial charge in [-0.25, -0.2) is 0 Å². The van der Waals surface area contributed by atoms with Crippen LogP contribution in [0.25, 0.3) is 11.1 Å². The molecule has 2 rings (SSSR count). The zero-order valence-corrected chi connectivity index (χ0v) is 15.5. The first-order valence-corrected chi connectivity index (χ1v) is 9.89. The van der Waals surface area contributed by atoms with Crippen molar-refractivity contribution >= 4 is 39.5 Å². The Labute approximate surface area is 143 Å². The van der Waals surface area contributed by atoms with E-state index in [0.717, 1.165) is 26.2 Å². The van der Waals surface area contributed by atoms with Gasteiger partial charge in [0.2, 0.25) is 0 Å². The third kappa shape index (κ3) is 3.48. The number of nitriles is 1. The summed E-state index contributed by atoms with van der Waals surface area (Å²) < 4.78 is 1.08. The Morgan fingerprint density at radius 2 is 1.86 bits per heavy atom. The molecule has 0 fully saturated rings. The molecule has 2 aromatic carbocycles. The molecule has 21 heavy (non-hydrogen) atoms. The second kappa shape index (κ2) is 7.40. The van der Waals surface area contributed by atoms with Crippen LogP contribution >= 0.6 is 39.5 Å². The minimum Gasteiger partial charge on any atom is -0.192 e. The van der Waals surface area contributed by atoms with Crippen LogP contribution < -0.4 is 0 Å². The van der Waals surface area contributed by atoms with E-state index in [1.165, 1.54) is 16.7 Å². The molecular weight excluding hydrogens is 362 g/mol. The van der Waals surface area contributed by atoms with E-state index in [1.54, 1.807) is 23.5 Å². The Balaban J connectivity index is 2.71. The fraction of sp³-hybridized carbons (Fsp3) is 0.235. The highest BCUT2D eigenvalue weighted by atomic mass is 79.9. The molecule has 0 N–H and O–H groups in total. The minimum absolute atomic E-state index is 0.812. The lowest BCUT2D eigenvalue weighted by molar-refractivity contribution is 1.22. The Morgan fingerprint density at radius 1 is 1.19 bits per heavy atom. The fourth-order valence-electron chi connectivity index (χ4n) is 2.35. The highest BCUT2D eigenvalue weighted by Crippen LogP contribution is 2.36. The average Bonchev–Trinajstić information content (AvgIpc) is 2.50. The van der Waals surface area contributed by atoms with Crippen molar-refractivity contribution in [1.29, 1.82) is 5.26 Å². The van der Waals surface area contributed by atoms with Gasteiger partial charge in [-0.2, -0.15) is 17.0 Å². The molecule has 4 heteroatoms. The molecule has 0 atom stereocenters. The fourth-order valence-corrected chi connectivity index (χ4v) is 3.91. The molecule has 0 spiro atoms. The van der Waals surface area contributed by atoms with Crippen molar-refractivity contribution in [1.82, 2.24) is 0 Å². The predicted octanol–water partition coefficient (Wildman–Crippen LogP) is 5.88. The van der Waals surface area contributed by atoms with Gasteiger partial charge >= 0.3 is 0 Å². The van der Waals surface area contributed by atoms with E-state index in [1.807, 2.05) is 6.26 Å². The zero-order chi connectivity index (χ0) is 15.4. The second-order valence-corrected chi connectivity index (χ2v) is 7.29. The molecule has 0 amide bonds. The van der Waals surface area contributed by atoms with E-state index in [-0.39, 0.29) is 0 Å². The third-order valence-corrected chi connectivity index (χ3v) is 5.32. The Kier molecular flexibility index (Phi) is 5.80. The summed E-state index contributed by atoms with van der Waals surface area (Å²) in [7, 11) is 0. The summed E-state index contributed by atoms with van der Waals surface area (Å²) in [6.45, 7) is 2.06. The first-order valence-electron chi connectivity index (χ1n) is 6.47. The average molecular weight is 378 g/mol. The van der Waals surface area contributed by atoms with Crippen LogP contribution in [-0.4, -0.2) is 12.5 Å². The highest BCUT2D eigenvalue weighted by Gasteiger charge is 2.15. The molecule has 0 aliphatic carbocycles. The lowest BCUT2D eigenvalue weighted by Gasteiger charge is -2.16. The van der Waals surface area contributed by atoms with Crippen LogP contribution in [0.3, 0.4) is 0 Å². The van der Waals surface area contributed by atoms with Crippen LogP contribution in [0.15, 0.2) is 39.7 Å². The zero-order valence-electron chi connectivity index (χ0n) is 12.2. The molecule has 1 nitrogen and oxygen atoms in total. The van der Waals surface area contributed by atoms with Crippen molar-refractivity contribution in [2.75, 3.05) is 12.5 Å². The number of rotatable bonds is 4. The summed E-state index contributed by atoms with van der Waals surface area (Å²) in [4.78, 5) is 1.05. The van der Waals surface area contributed by atoms with E-state index >= 15 is 0 Å². The molecule has 0 saturated heterocycles. The molecule has 2 aromatic rings. The maximum atomic E-state index is 9.44. The number of thioether (sulfide) groups is 2. The summed E-state index contributed by atoms with van der Waals surface area (Å²) in [6, 6.07) is 12.9. The highest BCUT2D eigenvalue weighted by molar-refractivity contribution is 9.10. The number of hydrogen-bond donors (Lipinski definition) is 0. The quantitative estimate of drug-likeness (QED) is 0.621. The monoisotopic (exact) mass is 377 g/mol. The standard InChI is InChI=1S/C17H16BrNS2/c1-11-15(9-19)17(21-3)8-14(16(11)10-20-2)12-4-6-13(18)7-5-12/h4-8H,10H2,1-3H3. The van der Waals surface area contributed by atoms with E-state index in [2.05, 4.69) is 65.5 Å². The smallest absolute Gasteiger partial charge is 0.101 e. The molecule has 0 aliphatic rings. The van der Waals surface area contributed by atoms with Crippen molar-refractivity contribution in [3.8, 4) is 17.2 Å². The molecule has 0 radical (unpaired) electrons. The maximum Gasteiger partial charge on any atom is 0.101 e. The molecular formula is C17H16BrNS2. The molecule has 0 aliphatic heterocycles. The van der Waals surface area contributed by atoms with Crippen LogP contribution in [0.4, 0.5) is 0 Å². The van der Waals surface area contributed by atoms with Gasteiger partial charge in [-0.15, -0.1) is 11.8 Å². The van der Waals surface area contributed by atoms with Crippen LogP contribution in [0.2, 0.25) is 0 Å². The van der Waals surface area contributed by atoms with Gasteiger partial charge in [0, 0.05) is 15.1 Å². The SMILES string of the molecule is CSCc1c(-c2ccc(Br)cc2)cc(SC)c(C#N)c1C. The van der Waals surface area contributed by atoms with Crippen LogP contribution in [-0.2, 0) is 5.75 Å².